The number of unbranched alkanes of at least 4 members (excludes halogenated alkanes) is 1. The van der Waals surface area contributed by atoms with Gasteiger partial charge >= 0.3 is 0 Å². The van der Waals surface area contributed by atoms with Gasteiger partial charge in [-0.05, 0) is 99.5 Å². The number of rotatable bonds is 25. The van der Waals surface area contributed by atoms with Crippen molar-refractivity contribution in [1.29, 1.82) is 0 Å². The first kappa shape index (κ1) is 52.8. The number of aliphatic hydroxyl groups excluding tert-OH is 1. The number of carbonyl (C=O) groups is 6. The van der Waals surface area contributed by atoms with E-state index in [0.29, 0.717) is 31.2 Å². The molecular formula is C45H62Cl3N7O8. The van der Waals surface area contributed by atoms with Gasteiger partial charge in [-0.2, -0.15) is 0 Å². The SMILES string of the molecule is C#CCNC(=O)[C@H](CO)NC(=O)[C@H](CCCCN(CC)CC)NC(=O)[C@H](NC(=O)[C@@H](NC(=O)[C@H](Cc1ccc(O)c(Cl)c1)NC(=O)c1cc(Cl)cc(Cl)c1)C1CCCC1)[C@@H](C)CC. The van der Waals surface area contributed by atoms with Crippen molar-refractivity contribution in [2.24, 2.45) is 11.8 Å². The lowest BCUT2D eigenvalue weighted by Crippen LogP contribution is -2.61. The zero-order valence-electron chi connectivity index (χ0n) is 36.4. The summed E-state index contributed by atoms with van der Waals surface area (Å²) in [6.07, 6.45) is 9.93. The Balaban J connectivity index is 1.91. The van der Waals surface area contributed by atoms with Gasteiger partial charge in [0.15, 0.2) is 0 Å². The van der Waals surface area contributed by atoms with Crippen molar-refractivity contribution in [3.05, 3.63) is 62.6 Å². The number of nitrogens with one attached hydrogen (secondary N) is 6. The van der Waals surface area contributed by atoms with Crippen molar-refractivity contribution in [3.63, 3.8) is 0 Å². The van der Waals surface area contributed by atoms with Gasteiger partial charge in [-0.1, -0.05) is 93.7 Å². The number of benzene rings is 2. The molecule has 6 atom stereocenters. The van der Waals surface area contributed by atoms with Gasteiger partial charge in [0.1, 0.15) is 36.0 Å². The Hall–Kier alpha value is -4.59. The smallest absolute Gasteiger partial charge is 0.252 e. The van der Waals surface area contributed by atoms with E-state index in [1.807, 2.05) is 6.92 Å². The van der Waals surface area contributed by atoms with Crippen LogP contribution >= 0.6 is 34.8 Å². The van der Waals surface area contributed by atoms with E-state index in [4.69, 9.17) is 41.2 Å². The number of amides is 6. The summed E-state index contributed by atoms with van der Waals surface area (Å²) in [6.45, 7) is 9.37. The van der Waals surface area contributed by atoms with Crippen molar-refractivity contribution in [1.82, 2.24) is 36.8 Å². The lowest BCUT2D eigenvalue weighted by Gasteiger charge is -2.31. The van der Waals surface area contributed by atoms with Gasteiger partial charge in [0.2, 0.25) is 29.5 Å². The van der Waals surface area contributed by atoms with E-state index in [9.17, 15) is 39.0 Å². The zero-order chi connectivity index (χ0) is 46.6. The first-order chi connectivity index (χ1) is 30.0. The number of phenols is 1. The number of aromatic hydroxyl groups is 1. The third-order valence-electron chi connectivity index (χ3n) is 11.4. The van der Waals surface area contributed by atoms with Crippen LogP contribution in [0.15, 0.2) is 36.4 Å². The number of terminal acetylenes is 1. The highest BCUT2D eigenvalue weighted by atomic mass is 35.5. The van der Waals surface area contributed by atoms with Crippen molar-refractivity contribution < 1.29 is 39.0 Å². The van der Waals surface area contributed by atoms with Crippen LogP contribution in [0.4, 0.5) is 0 Å². The predicted molar refractivity (Wildman–Crippen MR) is 244 cm³/mol. The number of carbonyl (C=O) groups excluding carboxylic acids is 6. The van der Waals surface area contributed by atoms with Gasteiger partial charge < -0.3 is 47.0 Å². The number of hydrogen-bond acceptors (Lipinski definition) is 9. The third kappa shape index (κ3) is 16.8. The minimum absolute atomic E-state index is 0.0373. The molecule has 0 aromatic heterocycles. The van der Waals surface area contributed by atoms with Crippen LogP contribution in [0.1, 0.15) is 95.0 Å². The summed E-state index contributed by atoms with van der Waals surface area (Å²) in [5.41, 5.74) is 0.597. The molecule has 3 rings (SSSR count). The molecule has 1 saturated carbocycles. The van der Waals surface area contributed by atoms with Crippen LogP contribution in [0.25, 0.3) is 0 Å². The average molecular weight is 935 g/mol. The monoisotopic (exact) mass is 933 g/mol. The number of halogens is 3. The Labute approximate surface area is 385 Å². The van der Waals surface area contributed by atoms with Gasteiger partial charge in [0, 0.05) is 22.0 Å². The Morgan fingerprint density at radius 3 is 2.02 bits per heavy atom. The maximum atomic E-state index is 14.4. The Morgan fingerprint density at radius 2 is 1.43 bits per heavy atom. The Kier molecular flexibility index (Phi) is 22.5. The summed E-state index contributed by atoms with van der Waals surface area (Å²) in [5, 5.41) is 36.7. The number of hydrogen-bond donors (Lipinski definition) is 8. The molecule has 2 aromatic rings. The highest BCUT2D eigenvalue weighted by Gasteiger charge is 2.38. The molecule has 1 fully saturated rings. The predicted octanol–water partition coefficient (Wildman–Crippen LogP) is 4.12. The molecule has 2 aromatic carbocycles. The molecule has 0 heterocycles. The second-order valence-electron chi connectivity index (χ2n) is 15.8. The van der Waals surface area contributed by atoms with Crippen LogP contribution < -0.4 is 31.9 Å². The molecule has 18 heteroatoms. The van der Waals surface area contributed by atoms with Gasteiger partial charge in [-0.3, -0.25) is 28.8 Å². The van der Waals surface area contributed by atoms with Crippen LogP contribution in [-0.4, -0.2) is 114 Å². The molecule has 63 heavy (non-hydrogen) atoms. The van der Waals surface area contributed by atoms with E-state index in [-0.39, 0.29) is 51.7 Å². The largest absolute Gasteiger partial charge is 0.506 e. The van der Waals surface area contributed by atoms with E-state index >= 15 is 0 Å². The molecule has 346 valence electrons. The number of nitrogens with zero attached hydrogens (tertiary/aromatic N) is 1. The summed E-state index contributed by atoms with van der Waals surface area (Å²) in [5.74, 6) is -2.66. The minimum Gasteiger partial charge on any atom is -0.506 e. The van der Waals surface area contributed by atoms with Crippen molar-refractivity contribution in [2.75, 3.05) is 32.8 Å². The van der Waals surface area contributed by atoms with Gasteiger partial charge in [-0.25, -0.2) is 0 Å². The van der Waals surface area contributed by atoms with Crippen LogP contribution in [0.2, 0.25) is 15.1 Å². The quantitative estimate of drug-likeness (QED) is 0.0530. The minimum atomic E-state index is -1.33. The van der Waals surface area contributed by atoms with E-state index in [2.05, 4.69) is 56.6 Å². The van der Waals surface area contributed by atoms with E-state index in [1.165, 1.54) is 30.3 Å². The normalized spacial score (nSPS) is 15.5. The second kappa shape index (κ2) is 26.9. The topological polar surface area (TPSA) is 218 Å². The molecule has 0 spiro atoms. The third-order valence-corrected chi connectivity index (χ3v) is 12.1. The maximum Gasteiger partial charge on any atom is 0.252 e. The lowest BCUT2D eigenvalue weighted by molar-refractivity contribution is -0.136. The number of phenolic OH excluding ortho intramolecular Hbond substituents is 1. The fourth-order valence-electron chi connectivity index (χ4n) is 7.42. The van der Waals surface area contributed by atoms with Gasteiger partial charge in [0.25, 0.3) is 5.91 Å². The first-order valence-electron chi connectivity index (χ1n) is 21.6. The summed E-state index contributed by atoms with van der Waals surface area (Å²) < 4.78 is 0. The van der Waals surface area contributed by atoms with Gasteiger partial charge in [-0.15, -0.1) is 6.42 Å². The molecule has 1 aliphatic carbocycles. The van der Waals surface area contributed by atoms with Crippen molar-refractivity contribution in [3.8, 4) is 18.1 Å². The van der Waals surface area contributed by atoms with E-state index in [1.54, 1.807) is 13.0 Å². The molecule has 15 nitrogen and oxygen atoms in total. The summed E-state index contributed by atoms with van der Waals surface area (Å²) in [7, 11) is 0. The highest BCUT2D eigenvalue weighted by molar-refractivity contribution is 6.35. The van der Waals surface area contributed by atoms with Crippen molar-refractivity contribution in [2.45, 2.75) is 116 Å². The lowest BCUT2D eigenvalue weighted by atomic mass is 9.93. The van der Waals surface area contributed by atoms with Crippen LogP contribution in [-0.2, 0) is 30.4 Å². The summed E-state index contributed by atoms with van der Waals surface area (Å²) >= 11 is 18.5. The standard InChI is InChI=1S/C45H62Cl3N7O8/c1-6-19-49-41(59)36(26-56)52-42(60)34(16-12-13-20-55(8-3)9-4)50-44(62)38(27(5)7-2)53-45(63)39(29-14-10-11-15-29)54-43(61)35(22-28-17-18-37(57)33(48)21-28)51-40(58)30-23-31(46)25-32(47)24-30/h1,17-18,21,23-25,27,29,34-36,38-39,56-57H,7-16,19-20,22,26H2,2-5H3,(H,49,59)(H,50,62)(H,51,58)(H,52,60)(H,53,63)(H,54,61)/t27-,34-,35-,36-,38+,39-/m0/s1. The fraction of sp³-hybridized carbons (Fsp3) is 0.556. The fourth-order valence-corrected chi connectivity index (χ4v) is 8.15. The van der Waals surface area contributed by atoms with E-state index in [0.717, 1.165) is 38.9 Å². The Morgan fingerprint density at radius 1 is 0.794 bits per heavy atom. The number of aliphatic hydroxyl groups is 1. The molecule has 0 radical (unpaired) electrons. The van der Waals surface area contributed by atoms with Crippen LogP contribution in [0, 0.1) is 24.2 Å². The molecule has 0 aliphatic heterocycles. The van der Waals surface area contributed by atoms with Crippen LogP contribution in [0.5, 0.6) is 5.75 Å². The van der Waals surface area contributed by atoms with E-state index < -0.39 is 78.2 Å². The van der Waals surface area contributed by atoms with Crippen LogP contribution in [0.3, 0.4) is 0 Å². The molecule has 0 bridgehead atoms. The summed E-state index contributed by atoms with van der Waals surface area (Å²) in [4.78, 5) is 85.1. The molecule has 1 aliphatic rings. The molecule has 0 unspecified atom stereocenters. The maximum absolute atomic E-state index is 14.4. The molecule has 6 amide bonds. The van der Waals surface area contributed by atoms with Gasteiger partial charge in [0.05, 0.1) is 18.2 Å². The summed E-state index contributed by atoms with van der Waals surface area (Å²) in [6, 6.07) is 2.65. The molecule has 8 N–H and O–H groups in total. The highest BCUT2D eigenvalue weighted by Crippen LogP contribution is 2.29. The molecular weight excluding hydrogens is 873 g/mol. The Bertz CT molecular complexity index is 1900. The average Bonchev–Trinajstić information content (AvgIpc) is 3.80. The second-order valence-corrected chi connectivity index (χ2v) is 17.1. The van der Waals surface area contributed by atoms with Crippen molar-refractivity contribution >= 4 is 70.2 Å². The first-order valence-corrected chi connectivity index (χ1v) is 22.7. The molecule has 0 saturated heterocycles. The zero-order valence-corrected chi connectivity index (χ0v) is 38.7.